The van der Waals surface area contributed by atoms with Crippen LogP contribution in [-0.2, 0) is 16.2 Å². The van der Waals surface area contributed by atoms with Gasteiger partial charge >= 0.3 is 5.97 Å². The van der Waals surface area contributed by atoms with E-state index in [2.05, 4.69) is 0 Å². The third-order valence-electron chi connectivity index (χ3n) is 4.78. The molecule has 3 aromatic carbocycles. The highest BCUT2D eigenvalue weighted by Gasteiger charge is 2.33. The van der Waals surface area contributed by atoms with Crippen molar-refractivity contribution >= 4 is 5.97 Å². The number of rotatable bonds is 7. The molecule has 30 heavy (non-hydrogen) atoms. The molecule has 1 heterocycles. The van der Waals surface area contributed by atoms with E-state index in [1.807, 2.05) is 30.3 Å². The van der Waals surface area contributed by atoms with Gasteiger partial charge < -0.3 is 19.4 Å². The molecule has 7 nitrogen and oxygen atoms in total. The summed E-state index contributed by atoms with van der Waals surface area (Å²) >= 11 is 0. The van der Waals surface area contributed by atoms with Crippen LogP contribution >= 0.6 is 0 Å². The van der Waals surface area contributed by atoms with Crippen LogP contribution in [0.15, 0.2) is 78.9 Å². The van der Waals surface area contributed by atoms with Gasteiger partial charge in [-0.3, -0.25) is 5.21 Å². The Labute approximate surface area is 173 Å². The van der Waals surface area contributed by atoms with E-state index in [0.717, 1.165) is 5.56 Å². The summed E-state index contributed by atoms with van der Waals surface area (Å²) in [5, 5.41) is 20.8. The Morgan fingerprint density at radius 1 is 1.07 bits per heavy atom. The molecule has 0 aliphatic carbocycles. The second-order valence-corrected chi connectivity index (χ2v) is 6.83. The van der Waals surface area contributed by atoms with Crippen LogP contribution in [0.3, 0.4) is 0 Å². The molecule has 0 saturated carbocycles. The first-order valence-electron chi connectivity index (χ1n) is 9.48. The lowest BCUT2D eigenvalue weighted by Crippen LogP contribution is -2.31. The van der Waals surface area contributed by atoms with E-state index in [1.165, 1.54) is 0 Å². The SMILES string of the molecule is O=C(ON(O)C1COc2cc(OCc3ccccc3)ccc21)[C@@H](O)c1ccccc1. The highest BCUT2D eigenvalue weighted by atomic mass is 16.9. The zero-order chi connectivity index (χ0) is 20.9. The van der Waals surface area contributed by atoms with Gasteiger partial charge in [0.25, 0.3) is 0 Å². The van der Waals surface area contributed by atoms with Crippen LogP contribution in [0.1, 0.15) is 28.8 Å². The zero-order valence-corrected chi connectivity index (χ0v) is 16.0. The normalized spacial score (nSPS) is 15.9. The lowest BCUT2D eigenvalue weighted by Gasteiger charge is -2.21. The summed E-state index contributed by atoms with van der Waals surface area (Å²) < 4.78 is 11.4. The van der Waals surface area contributed by atoms with Crippen molar-refractivity contribution in [2.75, 3.05) is 6.61 Å². The molecule has 1 aliphatic heterocycles. The second kappa shape index (κ2) is 8.96. The van der Waals surface area contributed by atoms with Crippen molar-refractivity contribution in [3.8, 4) is 11.5 Å². The van der Waals surface area contributed by atoms with Crippen LogP contribution < -0.4 is 9.47 Å². The molecule has 0 spiro atoms. The number of hydrogen-bond donors (Lipinski definition) is 2. The summed E-state index contributed by atoms with van der Waals surface area (Å²) in [6.07, 6.45) is -1.50. The number of nitrogens with zero attached hydrogens (tertiary/aromatic N) is 1. The van der Waals surface area contributed by atoms with Crippen LogP contribution in [-0.4, -0.2) is 28.1 Å². The third kappa shape index (κ3) is 4.44. The number of hydroxylamine groups is 2. The first-order valence-corrected chi connectivity index (χ1v) is 9.48. The fourth-order valence-corrected chi connectivity index (χ4v) is 3.16. The molecule has 0 radical (unpaired) electrons. The third-order valence-corrected chi connectivity index (χ3v) is 4.78. The molecule has 2 N–H and O–H groups in total. The Hall–Kier alpha value is -3.39. The molecular weight excluding hydrogens is 386 g/mol. The molecule has 0 bridgehead atoms. The van der Waals surface area contributed by atoms with Crippen molar-refractivity contribution in [2.45, 2.75) is 18.8 Å². The first-order chi connectivity index (χ1) is 14.6. The highest BCUT2D eigenvalue weighted by Crippen LogP contribution is 2.38. The largest absolute Gasteiger partial charge is 0.491 e. The van der Waals surface area contributed by atoms with Crippen LogP contribution in [0.5, 0.6) is 11.5 Å². The van der Waals surface area contributed by atoms with E-state index in [4.69, 9.17) is 14.3 Å². The Kier molecular flexibility index (Phi) is 5.94. The molecule has 0 fully saturated rings. The van der Waals surface area contributed by atoms with Crippen LogP contribution in [0.25, 0.3) is 0 Å². The average Bonchev–Trinajstić information content (AvgIpc) is 3.22. The second-order valence-electron chi connectivity index (χ2n) is 6.83. The summed E-state index contributed by atoms with van der Waals surface area (Å²) in [6.45, 7) is 0.507. The van der Waals surface area contributed by atoms with Crippen molar-refractivity contribution < 1.29 is 29.4 Å². The molecule has 0 saturated heterocycles. The van der Waals surface area contributed by atoms with Gasteiger partial charge in [-0.25, -0.2) is 4.79 Å². The fourth-order valence-electron chi connectivity index (χ4n) is 3.16. The molecule has 4 rings (SSSR count). The Morgan fingerprint density at radius 2 is 1.77 bits per heavy atom. The van der Waals surface area contributed by atoms with Gasteiger partial charge in [0, 0.05) is 11.6 Å². The molecule has 154 valence electrons. The molecule has 1 unspecified atom stereocenters. The maximum atomic E-state index is 12.2. The van der Waals surface area contributed by atoms with E-state index in [1.54, 1.807) is 48.5 Å². The molecule has 2 atom stereocenters. The number of ether oxygens (including phenoxy) is 2. The number of carbonyl (C=O) groups is 1. The van der Waals surface area contributed by atoms with Gasteiger partial charge in [-0.2, -0.15) is 0 Å². The van der Waals surface area contributed by atoms with Gasteiger partial charge in [-0.1, -0.05) is 60.7 Å². The van der Waals surface area contributed by atoms with E-state index in [0.29, 0.717) is 34.5 Å². The maximum absolute atomic E-state index is 12.2. The summed E-state index contributed by atoms with van der Waals surface area (Å²) in [6, 6.07) is 22.7. The smallest absolute Gasteiger partial charge is 0.360 e. The fraction of sp³-hybridized carbons (Fsp3) is 0.174. The van der Waals surface area contributed by atoms with Gasteiger partial charge in [0.05, 0.1) is 0 Å². The summed E-state index contributed by atoms with van der Waals surface area (Å²) in [5.41, 5.74) is 2.06. The minimum atomic E-state index is -1.50. The first kappa shape index (κ1) is 19.9. The standard InChI is InChI=1S/C23H21NO6/c25-22(17-9-5-2-6-10-17)23(26)30-24(27)20-15-29-21-13-18(11-12-19(20)21)28-14-16-7-3-1-4-8-16/h1-13,20,22,25,27H,14-15H2/t20?,22-/m0/s1. The Morgan fingerprint density at radius 3 is 2.50 bits per heavy atom. The van der Waals surface area contributed by atoms with Gasteiger partial charge in [-0.05, 0) is 28.5 Å². The minimum absolute atomic E-state index is 0.0860. The number of carbonyl (C=O) groups excluding carboxylic acids is 1. The van der Waals surface area contributed by atoms with E-state index >= 15 is 0 Å². The molecule has 1 aliphatic rings. The van der Waals surface area contributed by atoms with Crippen LogP contribution in [0.2, 0.25) is 0 Å². The number of benzene rings is 3. The number of aliphatic hydroxyl groups is 1. The Balaban J connectivity index is 1.38. The predicted octanol–water partition coefficient (Wildman–Crippen LogP) is 3.58. The molecule has 0 amide bonds. The van der Waals surface area contributed by atoms with Crippen molar-refractivity contribution in [2.24, 2.45) is 0 Å². The van der Waals surface area contributed by atoms with Gasteiger partial charge in [-0.15, -0.1) is 0 Å². The lowest BCUT2D eigenvalue weighted by atomic mass is 10.1. The lowest BCUT2D eigenvalue weighted by molar-refractivity contribution is -0.344. The van der Waals surface area contributed by atoms with Crippen LogP contribution in [0.4, 0.5) is 0 Å². The van der Waals surface area contributed by atoms with E-state index in [-0.39, 0.29) is 6.61 Å². The molecule has 7 heteroatoms. The zero-order valence-electron chi connectivity index (χ0n) is 16.0. The summed E-state index contributed by atoms with van der Waals surface area (Å²) in [5.74, 6) is 0.170. The number of aliphatic hydroxyl groups excluding tert-OH is 1. The predicted molar refractivity (Wildman–Crippen MR) is 107 cm³/mol. The maximum Gasteiger partial charge on any atom is 0.360 e. The average molecular weight is 407 g/mol. The van der Waals surface area contributed by atoms with Crippen molar-refractivity contribution in [1.29, 1.82) is 0 Å². The number of hydrogen-bond acceptors (Lipinski definition) is 7. The van der Waals surface area contributed by atoms with Crippen molar-refractivity contribution in [3.63, 3.8) is 0 Å². The molecule has 3 aromatic rings. The topological polar surface area (TPSA) is 88.5 Å². The van der Waals surface area contributed by atoms with E-state index in [9.17, 15) is 15.1 Å². The number of fused-ring (bicyclic) bond motifs is 1. The highest BCUT2D eigenvalue weighted by molar-refractivity contribution is 5.75. The Bertz CT molecular complexity index is 995. The quantitative estimate of drug-likeness (QED) is 0.579. The molecule has 0 aromatic heterocycles. The van der Waals surface area contributed by atoms with Crippen molar-refractivity contribution in [3.05, 3.63) is 95.6 Å². The monoisotopic (exact) mass is 407 g/mol. The van der Waals surface area contributed by atoms with Gasteiger partial charge in [0.2, 0.25) is 0 Å². The minimum Gasteiger partial charge on any atom is -0.491 e. The summed E-state index contributed by atoms with van der Waals surface area (Å²) in [7, 11) is 0. The van der Waals surface area contributed by atoms with Crippen LogP contribution in [0, 0.1) is 0 Å². The van der Waals surface area contributed by atoms with Gasteiger partial charge in [0.1, 0.15) is 30.8 Å². The van der Waals surface area contributed by atoms with Gasteiger partial charge in [0.15, 0.2) is 6.10 Å². The van der Waals surface area contributed by atoms with E-state index < -0.39 is 18.1 Å². The molecular formula is C23H21NO6. The summed E-state index contributed by atoms with van der Waals surface area (Å²) in [4.78, 5) is 17.1. The van der Waals surface area contributed by atoms with Crippen molar-refractivity contribution in [1.82, 2.24) is 5.23 Å².